The van der Waals surface area contributed by atoms with Crippen LogP contribution in [0.2, 0.25) is 0 Å². The van der Waals surface area contributed by atoms with Gasteiger partial charge in [0.05, 0.1) is 12.7 Å². The second kappa shape index (κ2) is 6.65. The lowest BCUT2D eigenvalue weighted by Crippen LogP contribution is -2.25. The van der Waals surface area contributed by atoms with Gasteiger partial charge in [-0.05, 0) is 42.3 Å². The van der Waals surface area contributed by atoms with E-state index in [0.717, 1.165) is 22.1 Å². The van der Waals surface area contributed by atoms with Crippen LogP contribution in [0.5, 0.6) is 5.75 Å². The fourth-order valence-corrected chi connectivity index (χ4v) is 3.20. The third-order valence-electron chi connectivity index (χ3n) is 4.02. The SMILES string of the molecule is COc1ccc(Br)cc1C(=O)Nc1ccc2c(c1)N(C(C)=O)CC2. The van der Waals surface area contributed by atoms with Gasteiger partial charge in [0.2, 0.25) is 5.91 Å². The highest BCUT2D eigenvalue weighted by Gasteiger charge is 2.23. The van der Waals surface area contributed by atoms with E-state index in [0.29, 0.717) is 23.5 Å². The standard InChI is InChI=1S/C18H17BrN2O3/c1-11(22)21-8-7-12-3-5-14(10-16(12)21)20-18(23)15-9-13(19)4-6-17(15)24-2/h3-6,9-10H,7-8H2,1-2H3,(H,20,23). The Bertz CT molecular complexity index is 820. The van der Waals surface area contributed by atoms with E-state index in [1.807, 2.05) is 24.3 Å². The zero-order chi connectivity index (χ0) is 17.3. The van der Waals surface area contributed by atoms with Crippen LogP contribution in [0.1, 0.15) is 22.8 Å². The molecule has 1 aliphatic rings. The topological polar surface area (TPSA) is 58.6 Å². The Morgan fingerprint density at radius 3 is 2.71 bits per heavy atom. The normalized spacial score (nSPS) is 12.7. The molecule has 0 fully saturated rings. The lowest BCUT2D eigenvalue weighted by atomic mass is 10.1. The minimum Gasteiger partial charge on any atom is -0.496 e. The van der Waals surface area contributed by atoms with Crippen molar-refractivity contribution in [2.45, 2.75) is 13.3 Å². The molecule has 0 spiro atoms. The van der Waals surface area contributed by atoms with Gasteiger partial charge >= 0.3 is 0 Å². The van der Waals surface area contributed by atoms with Gasteiger partial charge in [-0.15, -0.1) is 0 Å². The zero-order valence-corrected chi connectivity index (χ0v) is 15.0. The molecular weight excluding hydrogens is 372 g/mol. The number of hydrogen-bond acceptors (Lipinski definition) is 3. The Hall–Kier alpha value is -2.34. The molecule has 24 heavy (non-hydrogen) atoms. The number of fused-ring (bicyclic) bond motifs is 1. The minimum absolute atomic E-state index is 0.00545. The van der Waals surface area contributed by atoms with Crippen LogP contribution in [0, 0.1) is 0 Å². The maximum Gasteiger partial charge on any atom is 0.259 e. The van der Waals surface area contributed by atoms with E-state index in [9.17, 15) is 9.59 Å². The third kappa shape index (κ3) is 3.14. The van der Waals surface area contributed by atoms with Crippen molar-refractivity contribution in [3.05, 3.63) is 52.0 Å². The number of amides is 2. The highest BCUT2D eigenvalue weighted by Crippen LogP contribution is 2.31. The first-order valence-corrected chi connectivity index (χ1v) is 8.35. The second-order valence-electron chi connectivity index (χ2n) is 5.56. The highest BCUT2D eigenvalue weighted by molar-refractivity contribution is 9.10. The number of carbonyl (C=O) groups excluding carboxylic acids is 2. The first-order valence-electron chi connectivity index (χ1n) is 7.55. The van der Waals surface area contributed by atoms with Gasteiger partial charge in [0, 0.05) is 29.3 Å². The first kappa shape index (κ1) is 16.5. The van der Waals surface area contributed by atoms with Crippen LogP contribution in [-0.4, -0.2) is 25.5 Å². The molecule has 2 aromatic rings. The number of methoxy groups -OCH3 is 1. The summed E-state index contributed by atoms with van der Waals surface area (Å²) >= 11 is 3.36. The predicted molar refractivity (Wildman–Crippen MR) is 96.8 cm³/mol. The number of halogens is 1. The predicted octanol–water partition coefficient (Wildman–Crippen LogP) is 3.62. The van der Waals surface area contributed by atoms with Crippen LogP contribution in [-0.2, 0) is 11.2 Å². The van der Waals surface area contributed by atoms with Crippen LogP contribution in [0.25, 0.3) is 0 Å². The molecular formula is C18H17BrN2O3. The van der Waals surface area contributed by atoms with Crippen molar-refractivity contribution in [1.29, 1.82) is 0 Å². The Kier molecular flexibility index (Phi) is 4.57. The number of hydrogen-bond donors (Lipinski definition) is 1. The van der Waals surface area contributed by atoms with Crippen LogP contribution in [0.3, 0.4) is 0 Å². The lowest BCUT2D eigenvalue weighted by Gasteiger charge is -2.16. The zero-order valence-electron chi connectivity index (χ0n) is 13.4. The largest absolute Gasteiger partial charge is 0.496 e. The van der Waals surface area contributed by atoms with Crippen molar-refractivity contribution in [2.24, 2.45) is 0 Å². The smallest absolute Gasteiger partial charge is 0.259 e. The summed E-state index contributed by atoms with van der Waals surface area (Å²) in [6.07, 6.45) is 0.836. The fourth-order valence-electron chi connectivity index (χ4n) is 2.84. The Morgan fingerprint density at radius 2 is 2.00 bits per heavy atom. The average Bonchev–Trinajstić information content (AvgIpc) is 2.98. The van der Waals surface area contributed by atoms with E-state index in [4.69, 9.17) is 4.74 Å². The van der Waals surface area contributed by atoms with Gasteiger partial charge in [0.1, 0.15) is 5.75 Å². The van der Waals surface area contributed by atoms with E-state index >= 15 is 0 Å². The highest BCUT2D eigenvalue weighted by atomic mass is 79.9. The molecule has 6 heteroatoms. The summed E-state index contributed by atoms with van der Waals surface area (Å²) < 4.78 is 6.04. The monoisotopic (exact) mass is 388 g/mol. The van der Waals surface area contributed by atoms with Crippen molar-refractivity contribution in [3.8, 4) is 5.75 Å². The number of rotatable bonds is 3. The Labute approximate surface area is 148 Å². The van der Waals surface area contributed by atoms with Crippen molar-refractivity contribution >= 4 is 39.1 Å². The van der Waals surface area contributed by atoms with E-state index in [-0.39, 0.29) is 11.8 Å². The molecule has 2 amide bonds. The summed E-state index contributed by atoms with van der Waals surface area (Å²) in [4.78, 5) is 26.0. The summed E-state index contributed by atoms with van der Waals surface area (Å²) in [6.45, 7) is 2.23. The lowest BCUT2D eigenvalue weighted by molar-refractivity contribution is -0.116. The number of benzene rings is 2. The van der Waals surface area contributed by atoms with Crippen molar-refractivity contribution < 1.29 is 14.3 Å². The average molecular weight is 389 g/mol. The number of nitrogens with zero attached hydrogens (tertiary/aromatic N) is 1. The molecule has 0 unspecified atom stereocenters. The molecule has 0 saturated heterocycles. The minimum atomic E-state index is -0.263. The van der Waals surface area contributed by atoms with Crippen LogP contribution in [0.4, 0.5) is 11.4 Å². The molecule has 2 aromatic carbocycles. The van der Waals surface area contributed by atoms with Crippen LogP contribution >= 0.6 is 15.9 Å². The molecule has 0 radical (unpaired) electrons. The maximum atomic E-state index is 12.6. The van der Waals surface area contributed by atoms with Crippen molar-refractivity contribution in [3.63, 3.8) is 0 Å². The van der Waals surface area contributed by atoms with Gasteiger partial charge in [-0.25, -0.2) is 0 Å². The van der Waals surface area contributed by atoms with E-state index < -0.39 is 0 Å². The van der Waals surface area contributed by atoms with Crippen LogP contribution in [0.15, 0.2) is 40.9 Å². The summed E-state index contributed by atoms with van der Waals surface area (Å²) in [7, 11) is 1.53. The summed E-state index contributed by atoms with van der Waals surface area (Å²) in [6, 6.07) is 10.9. The van der Waals surface area contributed by atoms with E-state index in [1.165, 1.54) is 7.11 Å². The molecule has 3 rings (SSSR count). The van der Waals surface area contributed by atoms with Gasteiger partial charge in [-0.1, -0.05) is 22.0 Å². The molecule has 1 aliphatic heterocycles. The van der Waals surface area contributed by atoms with Gasteiger partial charge < -0.3 is 15.0 Å². The molecule has 5 nitrogen and oxygen atoms in total. The van der Waals surface area contributed by atoms with E-state index in [1.54, 1.807) is 24.0 Å². The number of anilines is 2. The molecule has 0 bridgehead atoms. The quantitative estimate of drug-likeness (QED) is 0.873. The molecule has 0 atom stereocenters. The number of carbonyl (C=O) groups is 2. The Balaban J connectivity index is 1.87. The molecule has 1 heterocycles. The summed E-state index contributed by atoms with van der Waals surface area (Å²) in [5, 5.41) is 2.87. The third-order valence-corrected chi connectivity index (χ3v) is 4.52. The van der Waals surface area contributed by atoms with Crippen molar-refractivity contribution in [1.82, 2.24) is 0 Å². The first-order chi connectivity index (χ1) is 11.5. The molecule has 0 aliphatic carbocycles. The van der Waals surface area contributed by atoms with Crippen LogP contribution < -0.4 is 15.0 Å². The number of nitrogens with one attached hydrogen (secondary N) is 1. The van der Waals surface area contributed by atoms with Gasteiger partial charge in [0.15, 0.2) is 0 Å². The molecule has 1 N–H and O–H groups in total. The summed E-state index contributed by atoms with van der Waals surface area (Å²) in [5.41, 5.74) is 3.06. The number of ether oxygens (including phenoxy) is 1. The maximum absolute atomic E-state index is 12.6. The molecule has 0 saturated carbocycles. The van der Waals surface area contributed by atoms with Gasteiger partial charge in [-0.3, -0.25) is 9.59 Å². The summed E-state index contributed by atoms with van der Waals surface area (Å²) in [5.74, 6) is 0.244. The van der Waals surface area contributed by atoms with Gasteiger partial charge in [0.25, 0.3) is 5.91 Å². The van der Waals surface area contributed by atoms with Crippen molar-refractivity contribution in [2.75, 3.05) is 23.9 Å². The fraction of sp³-hybridized carbons (Fsp3) is 0.222. The second-order valence-corrected chi connectivity index (χ2v) is 6.48. The molecule has 0 aromatic heterocycles. The van der Waals surface area contributed by atoms with E-state index in [2.05, 4.69) is 21.2 Å². The Morgan fingerprint density at radius 1 is 1.21 bits per heavy atom. The van der Waals surface area contributed by atoms with Gasteiger partial charge in [-0.2, -0.15) is 0 Å². The molecule has 124 valence electrons.